The van der Waals surface area contributed by atoms with Gasteiger partial charge in [-0.2, -0.15) is 0 Å². The molecule has 6 heteroatoms. The van der Waals surface area contributed by atoms with Crippen molar-refractivity contribution in [3.8, 4) is 0 Å². The quantitative estimate of drug-likeness (QED) is 0.788. The summed E-state index contributed by atoms with van der Waals surface area (Å²) >= 11 is 0. The van der Waals surface area contributed by atoms with Crippen LogP contribution >= 0.6 is 0 Å². The summed E-state index contributed by atoms with van der Waals surface area (Å²) in [7, 11) is 1.27. The highest BCUT2D eigenvalue weighted by Crippen LogP contribution is 2.17. The van der Waals surface area contributed by atoms with Crippen LogP contribution in [0.2, 0.25) is 0 Å². The summed E-state index contributed by atoms with van der Waals surface area (Å²) in [5, 5.41) is 2.77. The third kappa shape index (κ3) is 2.83. The monoisotopic (exact) mass is 264 g/mol. The maximum atomic E-state index is 11.9. The summed E-state index contributed by atoms with van der Waals surface area (Å²) in [6, 6.07) is 2.13. The third-order valence-corrected chi connectivity index (χ3v) is 3.20. The SMILES string of the molecule is COC(=O)c1ccc(=O)n(C2CCCCNC2=O)c1. The van der Waals surface area contributed by atoms with Crippen molar-refractivity contribution in [3.05, 3.63) is 34.2 Å². The number of methoxy groups -OCH3 is 1. The number of carbonyl (C=O) groups excluding carboxylic acids is 2. The first-order valence-corrected chi connectivity index (χ1v) is 6.21. The molecule has 19 heavy (non-hydrogen) atoms. The first-order chi connectivity index (χ1) is 9.13. The number of aromatic nitrogens is 1. The minimum absolute atomic E-state index is 0.179. The van der Waals surface area contributed by atoms with Crippen molar-refractivity contribution >= 4 is 11.9 Å². The Morgan fingerprint density at radius 1 is 1.37 bits per heavy atom. The maximum Gasteiger partial charge on any atom is 0.339 e. The predicted octanol–water partition coefficient (Wildman–Crippen LogP) is 0.476. The lowest BCUT2D eigenvalue weighted by Crippen LogP contribution is -2.35. The second-order valence-corrected chi connectivity index (χ2v) is 4.46. The van der Waals surface area contributed by atoms with Crippen molar-refractivity contribution in [3.63, 3.8) is 0 Å². The van der Waals surface area contributed by atoms with Crippen LogP contribution in [-0.2, 0) is 9.53 Å². The Morgan fingerprint density at radius 2 is 2.16 bits per heavy atom. The number of nitrogens with zero attached hydrogens (tertiary/aromatic N) is 1. The van der Waals surface area contributed by atoms with Gasteiger partial charge in [0.2, 0.25) is 5.91 Å². The molecule has 1 N–H and O–H groups in total. The Labute approximate surface area is 110 Å². The summed E-state index contributed by atoms with van der Waals surface area (Å²) in [5.74, 6) is -0.704. The van der Waals surface area contributed by atoms with Crippen molar-refractivity contribution in [1.29, 1.82) is 0 Å². The summed E-state index contributed by atoms with van der Waals surface area (Å²) in [5.41, 5.74) is -0.0335. The van der Waals surface area contributed by atoms with Crippen molar-refractivity contribution in [2.24, 2.45) is 0 Å². The molecule has 1 saturated heterocycles. The summed E-state index contributed by atoms with van der Waals surface area (Å²) < 4.78 is 5.93. The Hall–Kier alpha value is -2.11. The zero-order valence-electron chi connectivity index (χ0n) is 10.7. The standard InChI is InChI=1S/C13H16N2O4/c1-19-13(18)9-5-6-11(16)15(8-9)10-4-2-3-7-14-12(10)17/h5-6,8,10H,2-4,7H2,1H3,(H,14,17). The van der Waals surface area contributed by atoms with E-state index < -0.39 is 12.0 Å². The van der Waals surface area contributed by atoms with Gasteiger partial charge < -0.3 is 14.6 Å². The van der Waals surface area contributed by atoms with Gasteiger partial charge in [-0.1, -0.05) is 0 Å². The van der Waals surface area contributed by atoms with Crippen LogP contribution < -0.4 is 10.9 Å². The van der Waals surface area contributed by atoms with Crippen LogP contribution in [0.4, 0.5) is 0 Å². The number of ether oxygens (including phenoxy) is 1. The Bertz CT molecular complexity index is 550. The summed E-state index contributed by atoms with van der Waals surface area (Å²) in [6.07, 6.45) is 3.74. The third-order valence-electron chi connectivity index (χ3n) is 3.20. The van der Waals surface area contributed by atoms with Gasteiger partial charge in [0.25, 0.3) is 5.56 Å². The van der Waals surface area contributed by atoms with Crippen molar-refractivity contribution in [2.75, 3.05) is 13.7 Å². The number of rotatable bonds is 2. The lowest BCUT2D eigenvalue weighted by Gasteiger charge is -2.16. The molecule has 6 nitrogen and oxygen atoms in total. The van der Waals surface area contributed by atoms with E-state index in [2.05, 4.69) is 10.1 Å². The molecule has 102 valence electrons. The number of amides is 1. The van der Waals surface area contributed by atoms with Crippen LogP contribution in [-0.4, -0.2) is 30.1 Å². The number of carbonyl (C=O) groups is 2. The minimum Gasteiger partial charge on any atom is -0.465 e. The largest absolute Gasteiger partial charge is 0.465 e. The molecule has 1 amide bonds. The fourth-order valence-corrected chi connectivity index (χ4v) is 2.17. The van der Waals surface area contributed by atoms with Gasteiger partial charge in [-0.05, 0) is 25.3 Å². The fraction of sp³-hybridized carbons (Fsp3) is 0.462. The molecule has 0 aliphatic carbocycles. The lowest BCUT2D eigenvalue weighted by molar-refractivity contribution is -0.124. The maximum absolute atomic E-state index is 11.9. The lowest BCUT2D eigenvalue weighted by atomic mass is 10.1. The van der Waals surface area contributed by atoms with Gasteiger partial charge in [-0.25, -0.2) is 4.79 Å². The van der Waals surface area contributed by atoms with E-state index in [0.717, 1.165) is 12.8 Å². The molecule has 2 rings (SSSR count). The van der Waals surface area contributed by atoms with Crippen LogP contribution in [0.3, 0.4) is 0 Å². The van der Waals surface area contributed by atoms with E-state index in [1.54, 1.807) is 0 Å². The molecule has 1 unspecified atom stereocenters. The molecule has 0 saturated carbocycles. The van der Waals surface area contributed by atoms with Gasteiger partial charge in [0.15, 0.2) is 0 Å². The zero-order chi connectivity index (χ0) is 13.8. The van der Waals surface area contributed by atoms with E-state index in [-0.39, 0.29) is 17.0 Å². The minimum atomic E-state index is -0.556. The molecule has 1 aliphatic rings. The average Bonchev–Trinajstić information content (AvgIpc) is 2.63. The summed E-state index contributed by atoms with van der Waals surface area (Å²) in [6.45, 7) is 0.626. The predicted molar refractivity (Wildman–Crippen MR) is 67.9 cm³/mol. The van der Waals surface area contributed by atoms with E-state index in [4.69, 9.17) is 0 Å². The van der Waals surface area contributed by atoms with Gasteiger partial charge in [-0.15, -0.1) is 0 Å². The highest BCUT2D eigenvalue weighted by Gasteiger charge is 2.23. The molecule has 0 radical (unpaired) electrons. The van der Waals surface area contributed by atoms with Crippen LogP contribution in [0.5, 0.6) is 0 Å². The number of esters is 1. The van der Waals surface area contributed by atoms with E-state index >= 15 is 0 Å². The molecule has 0 bridgehead atoms. The second kappa shape index (κ2) is 5.69. The molecule has 1 aliphatic heterocycles. The number of nitrogens with one attached hydrogen (secondary N) is 1. The van der Waals surface area contributed by atoms with E-state index in [1.165, 1.54) is 30.0 Å². The Kier molecular flexibility index (Phi) is 3.99. The normalized spacial score (nSPS) is 19.4. The van der Waals surface area contributed by atoms with Gasteiger partial charge in [0.1, 0.15) is 6.04 Å². The van der Waals surface area contributed by atoms with Crippen LogP contribution in [0.15, 0.2) is 23.1 Å². The van der Waals surface area contributed by atoms with E-state index in [0.29, 0.717) is 13.0 Å². The van der Waals surface area contributed by atoms with Crippen LogP contribution in [0.25, 0.3) is 0 Å². The highest BCUT2D eigenvalue weighted by molar-refractivity contribution is 5.89. The first kappa shape index (κ1) is 13.3. The number of hydrogen-bond donors (Lipinski definition) is 1. The topological polar surface area (TPSA) is 77.4 Å². The second-order valence-electron chi connectivity index (χ2n) is 4.46. The Balaban J connectivity index is 2.39. The van der Waals surface area contributed by atoms with Crippen LogP contribution in [0, 0.1) is 0 Å². The average molecular weight is 264 g/mol. The molecule has 0 aromatic carbocycles. The number of hydrogen-bond acceptors (Lipinski definition) is 4. The highest BCUT2D eigenvalue weighted by atomic mass is 16.5. The molecule has 1 aromatic rings. The number of pyridine rings is 1. The molecular formula is C13H16N2O4. The molecule has 0 spiro atoms. The molecule has 2 heterocycles. The van der Waals surface area contributed by atoms with Crippen molar-refractivity contribution in [1.82, 2.24) is 9.88 Å². The molecule has 1 atom stereocenters. The van der Waals surface area contributed by atoms with Gasteiger partial charge >= 0.3 is 5.97 Å². The fourth-order valence-electron chi connectivity index (χ4n) is 2.17. The van der Waals surface area contributed by atoms with Gasteiger partial charge in [-0.3, -0.25) is 9.59 Å². The summed E-state index contributed by atoms with van der Waals surface area (Å²) in [4.78, 5) is 35.3. The van der Waals surface area contributed by atoms with E-state index in [9.17, 15) is 14.4 Å². The van der Waals surface area contributed by atoms with E-state index in [1.807, 2.05) is 0 Å². The van der Waals surface area contributed by atoms with Crippen LogP contribution in [0.1, 0.15) is 35.7 Å². The molecule has 1 aromatic heterocycles. The van der Waals surface area contributed by atoms with Crippen molar-refractivity contribution < 1.29 is 14.3 Å². The first-order valence-electron chi connectivity index (χ1n) is 6.21. The zero-order valence-corrected chi connectivity index (χ0v) is 10.7. The molecule has 1 fully saturated rings. The van der Waals surface area contributed by atoms with Crippen molar-refractivity contribution in [2.45, 2.75) is 25.3 Å². The van der Waals surface area contributed by atoms with Gasteiger partial charge in [0, 0.05) is 18.8 Å². The molecular weight excluding hydrogens is 248 g/mol. The van der Waals surface area contributed by atoms with Gasteiger partial charge in [0.05, 0.1) is 12.7 Å². The Morgan fingerprint density at radius 3 is 2.89 bits per heavy atom. The smallest absolute Gasteiger partial charge is 0.339 e.